The molecule has 3 atom stereocenters. The van der Waals surface area contributed by atoms with Gasteiger partial charge in [0.15, 0.2) is 5.65 Å². The van der Waals surface area contributed by atoms with Crippen LogP contribution >= 0.6 is 0 Å². The van der Waals surface area contributed by atoms with Crippen LogP contribution in [0.4, 0.5) is 26.5 Å². The number of nitrogens with zero attached hydrogens (tertiary/aromatic N) is 6. The van der Waals surface area contributed by atoms with Crippen LogP contribution in [0.25, 0.3) is 5.65 Å². The van der Waals surface area contributed by atoms with Crippen molar-refractivity contribution in [1.29, 1.82) is 0 Å². The predicted molar refractivity (Wildman–Crippen MR) is 159 cm³/mol. The van der Waals surface area contributed by atoms with Crippen molar-refractivity contribution in [3.8, 4) is 0 Å². The molecular formula is C29H39FN8O5. The number of methoxy groups -OCH3 is 1. The SMILES string of the molecule is CO[C@@H]1CCC1NC(=O)c1cnn2c(N(C)C(=O)OC(C)(C)C)cc(Nc3cccn([C@@H]4CCN(CCF)C4)c3=O)nc12. The van der Waals surface area contributed by atoms with Crippen LogP contribution in [-0.4, -0.2) is 94.3 Å². The van der Waals surface area contributed by atoms with Gasteiger partial charge in [0, 0.05) is 46.1 Å². The molecule has 2 amide bonds. The van der Waals surface area contributed by atoms with Crippen LogP contribution in [0.5, 0.6) is 0 Å². The van der Waals surface area contributed by atoms with Gasteiger partial charge in [0.25, 0.3) is 11.5 Å². The Morgan fingerprint density at radius 3 is 2.70 bits per heavy atom. The Balaban J connectivity index is 1.50. The van der Waals surface area contributed by atoms with Crippen LogP contribution in [0.1, 0.15) is 56.4 Å². The summed E-state index contributed by atoms with van der Waals surface area (Å²) in [6.45, 7) is 6.50. The molecule has 1 saturated heterocycles. The molecule has 1 unspecified atom stereocenters. The molecule has 1 aliphatic carbocycles. The zero-order valence-electron chi connectivity index (χ0n) is 25.2. The van der Waals surface area contributed by atoms with Crippen LogP contribution < -0.4 is 21.1 Å². The van der Waals surface area contributed by atoms with Crippen molar-refractivity contribution < 1.29 is 23.5 Å². The van der Waals surface area contributed by atoms with Gasteiger partial charge in [-0.25, -0.2) is 14.2 Å². The summed E-state index contributed by atoms with van der Waals surface area (Å²) in [5, 5.41) is 10.4. The minimum Gasteiger partial charge on any atom is -0.443 e. The number of anilines is 3. The molecule has 1 saturated carbocycles. The summed E-state index contributed by atoms with van der Waals surface area (Å²) in [7, 11) is 3.14. The van der Waals surface area contributed by atoms with Gasteiger partial charge in [0.05, 0.1) is 24.4 Å². The lowest BCUT2D eigenvalue weighted by molar-refractivity contribution is 0.00732. The number of nitrogens with one attached hydrogen (secondary N) is 2. The van der Waals surface area contributed by atoms with Gasteiger partial charge in [0.2, 0.25) is 0 Å². The van der Waals surface area contributed by atoms with Gasteiger partial charge in [0.1, 0.15) is 35.2 Å². The number of amides is 2. The summed E-state index contributed by atoms with van der Waals surface area (Å²) < 4.78 is 26.9. The number of pyridine rings is 1. The third-order valence-corrected chi connectivity index (χ3v) is 7.82. The lowest BCUT2D eigenvalue weighted by atomic mass is 9.89. The van der Waals surface area contributed by atoms with Crippen molar-refractivity contribution in [3.63, 3.8) is 0 Å². The topological polar surface area (TPSA) is 135 Å². The van der Waals surface area contributed by atoms with E-state index in [1.165, 1.54) is 22.7 Å². The van der Waals surface area contributed by atoms with Gasteiger partial charge >= 0.3 is 6.09 Å². The van der Waals surface area contributed by atoms with Crippen LogP contribution in [0.3, 0.4) is 0 Å². The first-order valence-corrected chi connectivity index (χ1v) is 14.4. The molecule has 3 aromatic rings. The number of fused-ring (bicyclic) bond motifs is 1. The number of hydrogen-bond acceptors (Lipinski definition) is 9. The van der Waals surface area contributed by atoms with Crippen LogP contribution in [-0.2, 0) is 9.47 Å². The highest BCUT2D eigenvalue weighted by Crippen LogP contribution is 2.27. The van der Waals surface area contributed by atoms with E-state index in [-0.39, 0.29) is 58.2 Å². The van der Waals surface area contributed by atoms with Gasteiger partial charge in [-0.2, -0.15) is 9.61 Å². The van der Waals surface area contributed by atoms with E-state index in [1.54, 1.807) is 56.8 Å². The molecule has 14 heteroatoms. The fourth-order valence-electron chi connectivity index (χ4n) is 5.39. The Bertz CT molecular complexity index is 1550. The number of carbonyl (C=O) groups is 2. The maximum absolute atomic E-state index is 13.5. The van der Waals surface area contributed by atoms with E-state index in [2.05, 4.69) is 20.7 Å². The van der Waals surface area contributed by atoms with Crippen molar-refractivity contribution in [3.05, 3.63) is 46.5 Å². The Labute approximate surface area is 248 Å². The summed E-state index contributed by atoms with van der Waals surface area (Å²) in [4.78, 5) is 47.8. The molecule has 13 nitrogen and oxygen atoms in total. The molecular weight excluding hydrogens is 559 g/mol. The van der Waals surface area contributed by atoms with Gasteiger partial charge in [-0.15, -0.1) is 0 Å². The molecule has 1 aliphatic heterocycles. The maximum atomic E-state index is 13.5. The second-order valence-corrected chi connectivity index (χ2v) is 12.0. The summed E-state index contributed by atoms with van der Waals surface area (Å²) in [5.74, 6) is 0.123. The minimum absolute atomic E-state index is 0.0611. The van der Waals surface area contributed by atoms with Gasteiger partial charge < -0.3 is 24.7 Å². The highest BCUT2D eigenvalue weighted by atomic mass is 19.1. The Morgan fingerprint density at radius 2 is 2.02 bits per heavy atom. The number of halogens is 1. The lowest BCUT2D eigenvalue weighted by Crippen LogP contribution is -2.51. The first kappa shape index (κ1) is 30.4. The average Bonchev–Trinajstić information content (AvgIpc) is 3.58. The number of aromatic nitrogens is 4. The molecule has 0 aromatic carbocycles. The van der Waals surface area contributed by atoms with Gasteiger partial charge in [-0.05, 0) is 52.2 Å². The molecule has 3 aromatic heterocycles. The molecule has 4 heterocycles. The Kier molecular flexibility index (Phi) is 8.69. The molecule has 2 fully saturated rings. The molecule has 2 aliphatic rings. The highest BCUT2D eigenvalue weighted by Gasteiger charge is 2.33. The van der Waals surface area contributed by atoms with Crippen molar-refractivity contribution in [2.45, 2.75) is 63.8 Å². The van der Waals surface area contributed by atoms with Crippen LogP contribution in [0.15, 0.2) is 35.4 Å². The third kappa shape index (κ3) is 6.49. The van der Waals surface area contributed by atoms with E-state index >= 15 is 0 Å². The average molecular weight is 599 g/mol. The normalized spacial score (nSPS) is 20.6. The predicted octanol–water partition coefficient (Wildman–Crippen LogP) is 3.13. The highest BCUT2D eigenvalue weighted by molar-refractivity contribution is 6.00. The van der Waals surface area contributed by atoms with E-state index < -0.39 is 18.4 Å². The van der Waals surface area contributed by atoms with Crippen LogP contribution in [0.2, 0.25) is 0 Å². The minimum atomic E-state index is -0.746. The van der Waals surface area contributed by atoms with Crippen LogP contribution in [0, 0.1) is 0 Å². The van der Waals surface area contributed by atoms with E-state index in [0.29, 0.717) is 13.1 Å². The molecule has 0 spiro atoms. The Morgan fingerprint density at radius 1 is 1.23 bits per heavy atom. The first-order valence-electron chi connectivity index (χ1n) is 14.4. The zero-order chi connectivity index (χ0) is 30.9. The molecule has 2 N–H and O–H groups in total. The first-order chi connectivity index (χ1) is 20.5. The number of likely N-dealkylation sites (tertiary alicyclic amines) is 1. The maximum Gasteiger partial charge on any atom is 0.415 e. The molecule has 0 radical (unpaired) electrons. The number of ether oxygens (including phenoxy) is 2. The second kappa shape index (κ2) is 12.3. The number of rotatable bonds is 9. The molecule has 5 rings (SSSR count). The number of hydrogen-bond donors (Lipinski definition) is 2. The van der Waals surface area contributed by atoms with E-state index in [0.717, 1.165) is 25.8 Å². The number of carbonyl (C=O) groups excluding carboxylic acids is 2. The summed E-state index contributed by atoms with van der Waals surface area (Å²) in [6, 6.07) is 4.75. The molecule has 43 heavy (non-hydrogen) atoms. The lowest BCUT2D eigenvalue weighted by Gasteiger charge is -2.35. The van der Waals surface area contributed by atoms with Crippen molar-refractivity contribution >= 4 is 35.0 Å². The van der Waals surface area contributed by atoms with Crippen molar-refractivity contribution in [2.24, 2.45) is 0 Å². The third-order valence-electron chi connectivity index (χ3n) is 7.82. The summed E-state index contributed by atoms with van der Waals surface area (Å²) >= 11 is 0. The zero-order valence-corrected chi connectivity index (χ0v) is 25.2. The molecule has 232 valence electrons. The fourth-order valence-corrected chi connectivity index (χ4v) is 5.39. The van der Waals surface area contributed by atoms with Gasteiger partial charge in [-0.3, -0.25) is 19.4 Å². The van der Waals surface area contributed by atoms with Crippen molar-refractivity contribution in [2.75, 3.05) is 50.7 Å². The quantitative estimate of drug-likeness (QED) is 0.381. The fraction of sp³-hybridized carbons (Fsp3) is 0.552. The smallest absolute Gasteiger partial charge is 0.415 e. The van der Waals surface area contributed by atoms with E-state index in [9.17, 15) is 18.8 Å². The van der Waals surface area contributed by atoms with Gasteiger partial charge in [-0.1, -0.05) is 0 Å². The Hall–Kier alpha value is -4.04. The summed E-state index contributed by atoms with van der Waals surface area (Å²) in [6.07, 6.45) is 4.81. The van der Waals surface area contributed by atoms with E-state index in [4.69, 9.17) is 9.47 Å². The van der Waals surface area contributed by atoms with Crippen molar-refractivity contribution in [1.82, 2.24) is 29.4 Å². The standard InChI is InChI=1S/C29H39FN8O5/c1-29(2,3)43-28(41)35(4)24-15-23(32-21-7-6-12-37(27(21)40)18-10-13-36(17-18)14-11-30)34-25-19(16-31-38(24)25)26(39)33-20-8-9-22(20)42-5/h6-7,12,15-16,18,20,22H,8-11,13-14,17H2,1-5H3,(H,32,34)(H,33,39)/t18-,20?,22-/m1/s1. The second-order valence-electron chi connectivity index (χ2n) is 12.0. The summed E-state index contributed by atoms with van der Waals surface area (Å²) in [5.41, 5.74) is -0.356. The molecule has 0 bridgehead atoms. The number of alkyl halides is 1. The van der Waals surface area contributed by atoms with E-state index in [1.807, 2.05) is 4.90 Å². The largest absolute Gasteiger partial charge is 0.443 e. The monoisotopic (exact) mass is 598 g/mol.